The molecule has 1 aliphatic heterocycles. The van der Waals surface area contributed by atoms with Crippen LogP contribution in [0.1, 0.15) is 5.69 Å². The van der Waals surface area contributed by atoms with E-state index >= 15 is 0 Å². The van der Waals surface area contributed by atoms with E-state index in [9.17, 15) is 5.11 Å². The first kappa shape index (κ1) is 9.58. The van der Waals surface area contributed by atoms with Gasteiger partial charge in [-0.2, -0.15) is 0 Å². The van der Waals surface area contributed by atoms with Crippen LogP contribution in [-0.4, -0.2) is 36.4 Å². The zero-order valence-corrected chi connectivity index (χ0v) is 7.94. The molecule has 14 heavy (non-hydrogen) atoms. The van der Waals surface area contributed by atoms with Gasteiger partial charge in [-0.15, -0.1) is 0 Å². The lowest BCUT2D eigenvalue weighted by Gasteiger charge is -2.35. The van der Waals surface area contributed by atoms with Gasteiger partial charge in [0.1, 0.15) is 5.60 Å². The highest BCUT2D eigenvalue weighted by atomic mass is 16.5. The van der Waals surface area contributed by atoms with Crippen LogP contribution >= 0.6 is 0 Å². The van der Waals surface area contributed by atoms with Crippen LogP contribution in [0.2, 0.25) is 0 Å². The summed E-state index contributed by atoms with van der Waals surface area (Å²) in [6.45, 7) is 2.00. The summed E-state index contributed by atoms with van der Waals surface area (Å²) in [5.41, 5.74) is 0.133. The maximum atomic E-state index is 9.39. The van der Waals surface area contributed by atoms with Gasteiger partial charge in [0.2, 0.25) is 0 Å². The number of nitrogens with zero attached hydrogens (tertiary/aromatic N) is 1. The van der Waals surface area contributed by atoms with Crippen molar-refractivity contribution in [2.45, 2.75) is 5.60 Å². The molecule has 76 valence electrons. The van der Waals surface area contributed by atoms with Gasteiger partial charge in [0.05, 0.1) is 18.9 Å². The SMILES string of the molecule is OCC1(c2ccccn2)CNCCO1. The molecule has 1 aliphatic rings. The average molecular weight is 194 g/mol. The molecule has 1 atom stereocenters. The lowest BCUT2D eigenvalue weighted by Crippen LogP contribution is -2.50. The van der Waals surface area contributed by atoms with E-state index in [1.807, 2.05) is 18.2 Å². The zero-order chi connectivity index (χ0) is 9.86. The number of rotatable bonds is 2. The molecule has 2 heterocycles. The highest BCUT2D eigenvalue weighted by Gasteiger charge is 2.35. The molecule has 0 radical (unpaired) electrons. The fraction of sp³-hybridized carbons (Fsp3) is 0.500. The maximum Gasteiger partial charge on any atom is 0.145 e. The largest absolute Gasteiger partial charge is 0.393 e. The predicted molar refractivity (Wildman–Crippen MR) is 51.8 cm³/mol. The Kier molecular flexibility index (Phi) is 2.77. The molecule has 0 spiro atoms. The van der Waals surface area contributed by atoms with Crippen molar-refractivity contribution in [3.63, 3.8) is 0 Å². The molecule has 1 saturated heterocycles. The molecule has 1 aromatic rings. The van der Waals surface area contributed by atoms with E-state index in [2.05, 4.69) is 10.3 Å². The molecule has 0 aromatic carbocycles. The second-order valence-corrected chi connectivity index (χ2v) is 3.39. The van der Waals surface area contributed by atoms with Crippen molar-refractivity contribution in [3.8, 4) is 0 Å². The fourth-order valence-electron chi connectivity index (χ4n) is 1.64. The minimum atomic E-state index is -0.653. The number of hydrogen-bond acceptors (Lipinski definition) is 4. The molecular formula is C10H14N2O2. The summed E-state index contributed by atoms with van der Waals surface area (Å²) in [5, 5.41) is 12.6. The van der Waals surface area contributed by atoms with Crippen LogP contribution in [0.5, 0.6) is 0 Å². The summed E-state index contributed by atoms with van der Waals surface area (Å²) in [4.78, 5) is 4.22. The number of aromatic nitrogens is 1. The predicted octanol–water partition coefficient (Wildman–Crippen LogP) is -0.111. The monoisotopic (exact) mass is 194 g/mol. The summed E-state index contributed by atoms with van der Waals surface area (Å²) in [6.07, 6.45) is 1.71. The van der Waals surface area contributed by atoms with Gasteiger partial charge in [0.15, 0.2) is 0 Å². The standard InChI is InChI=1S/C10H14N2O2/c13-8-10(7-11-5-6-14-10)9-3-1-2-4-12-9/h1-4,11,13H,5-8H2. The second kappa shape index (κ2) is 4.04. The molecule has 2 N–H and O–H groups in total. The quantitative estimate of drug-likeness (QED) is 0.689. The van der Waals surface area contributed by atoms with Crippen molar-refractivity contribution in [1.29, 1.82) is 0 Å². The first-order chi connectivity index (χ1) is 6.87. The van der Waals surface area contributed by atoms with Crippen LogP contribution in [0.3, 0.4) is 0 Å². The van der Waals surface area contributed by atoms with Crippen molar-refractivity contribution in [2.75, 3.05) is 26.3 Å². The van der Waals surface area contributed by atoms with Gasteiger partial charge in [0, 0.05) is 19.3 Å². The zero-order valence-electron chi connectivity index (χ0n) is 7.94. The van der Waals surface area contributed by atoms with Crippen LogP contribution < -0.4 is 5.32 Å². The third-order valence-electron chi connectivity index (χ3n) is 2.45. The molecule has 4 nitrogen and oxygen atoms in total. The highest BCUT2D eigenvalue weighted by Crippen LogP contribution is 2.24. The number of ether oxygens (including phenoxy) is 1. The Bertz CT molecular complexity index is 283. The van der Waals surface area contributed by atoms with E-state index < -0.39 is 5.60 Å². The lowest BCUT2D eigenvalue weighted by atomic mass is 9.98. The normalized spacial score (nSPS) is 27.5. The Morgan fingerprint density at radius 2 is 2.50 bits per heavy atom. The van der Waals surface area contributed by atoms with Crippen LogP contribution in [-0.2, 0) is 10.3 Å². The van der Waals surface area contributed by atoms with Gasteiger partial charge in [-0.3, -0.25) is 4.98 Å². The number of morpholine rings is 1. The van der Waals surface area contributed by atoms with E-state index in [0.29, 0.717) is 13.2 Å². The van der Waals surface area contributed by atoms with E-state index in [0.717, 1.165) is 12.2 Å². The second-order valence-electron chi connectivity index (χ2n) is 3.39. The van der Waals surface area contributed by atoms with Crippen LogP contribution in [0.4, 0.5) is 0 Å². The Morgan fingerprint density at radius 3 is 3.07 bits per heavy atom. The molecule has 1 fully saturated rings. The maximum absolute atomic E-state index is 9.39. The summed E-state index contributed by atoms with van der Waals surface area (Å²) in [7, 11) is 0. The van der Waals surface area contributed by atoms with Crippen LogP contribution in [0.25, 0.3) is 0 Å². The third kappa shape index (κ3) is 1.64. The number of nitrogens with one attached hydrogen (secondary N) is 1. The van der Waals surface area contributed by atoms with Crippen molar-refractivity contribution in [2.24, 2.45) is 0 Å². The number of aliphatic hydroxyl groups is 1. The smallest absolute Gasteiger partial charge is 0.145 e. The van der Waals surface area contributed by atoms with E-state index in [1.54, 1.807) is 6.20 Å². The molecule has 0 bridgehead atoms. The number of pyridine rings is 1. The van der Waals surface area contributed by atoms with Gasteiger partial charge in [-0.1, -0.05) is 6.07 Å². The first-order valence-corrected chi connectivity index (χ1v) is 4.74. The molecule has 1 aromatic heterocycles. The summed E-state index contributed by atoms with van der Waals surface area (Å²) < 4.78 is 5.63. The van der Waals surface area contributed by atoms with Gasteiger partial charge in [0.25, 0.3) is 0 Å². The topological polar surface area (TPSA) is 54.4 Å². The minimum Gasteiger partial charge on any atom is -0.393 e. The van der Waals surface area contributed by atoms with E-state index in [4.69, 9.17) is 4.74 Å². The summed E-state index contributed by atoms with van der Waals surface area (Å²) in [5.74, 6) is 0. The van der Waals surface area contributed by atoms with E-state index in [-0.39, 0.29) is 6.61 Å². The third-order valence-corrected chi connectivity index (χ3v) is 2.45. The first-order valence-electron chi connectivity index (χ1n) is 4.74. The Balaban J connectivity index is 2.27. The van der Waals surface area contributed by atoms with Crippen molar-refractivity contribution in [1.82, 2.24) is 10.3 Å². The number of aliphatic hydroxyl groups excluding tert-OH is 1. The van der Waals surface area contributed by atoms with Gasteiger partial charge in [-0.25, -0.2) is 0 Å². The molecule has 0 amide bonds. The van der Waals surface area contributed by atoms with E-state index in [1.165, 1.54) is 0 Å². The van der Waals surface area contributed by atoms with Gasteiger partial charge < -0.3 is 15.2 Å². The summed E-state index contributed by atoms with van der Waals surface area (Å²) >= 11 is 0. The van der Waals surface area contributed by atoms with Crippen molar-refractivity contribution in [3.05, 3.63) is 30.1 Å². The minimum absolute atomic E-state index is 0.0446. The Labute approximate surface area is 82.9 Å². The molecule has 0 saturated carbocycles. The molecule has 1 unspecified atom stereocenters. The molecule has 2 rings (SSSR count). The van der Waals surface area contributed by atoms with Crippen LogP contribution in [0.15, 0.2) is 24.4 Å². The van der Waals surface area contributed by atoms with Crippen LogP contribution in [0, 0.1) is 0 Å². The average Bonchev–Trinajstić information content (AvgIpc) is 2.31. The van der Waals surface area contributed by atoms with Crippen molar-refractivity contribution >= 4 is 0 Å². The molecule has 4 heteroatoms. The van der Waals surface area contributed by atoms with Gasteiger partial charge in [-0.05, 0) is 12.1 Å². The fourth-order valence-corrected chi connectivity index (χ4v) is 1.64. The molecular weight excluding hydrogens is 180 g/mol. The van der Waals surface area contributed by atoms with Gasteiger partial charge >= 0.3 is 0 Å². The molecule has 0 aliphatic carbocycles. The summed E-state index contributed by atoms with van der Waals surface area (Å²) in [6, 6.07) is 5.63. The number of hydrogen-bond donors (Lipinski definition) is 2. The lowest BCUT2D eigenvalue weighted by molar-refractivity contribution is -0.104. The van der Waals surface area contributed by atoms with Crippen molar-refractivity contribution < 1.29 is 9.84 Å². The Hall–Kier alpha value is -0.970. The highest BCUT2D eigenvalue weighted by molar-refractivity contribution is 5.15. The Morgan fingerprint density at radius 1 is 1.57 bits per heavy atom.